The summed E-state index contributed by atoms with van der Waals surface area (Å²) >= 11 is 0. The molecule has 14 heavy (non-hydrogen) atoms. The number of nitrogens with zero attached hydrogens (tertiary/aromatic N) is 2. The average Bonchev–Trinajstić information content (AvgIpc) is 2.85. The standard InChI is InChI=1S/C11H19N3/c1-2-14-9-12-7-11(14)8-13-10-5-3-4-6-10/h7,9-10,13H,2-6,8H2,1H3. The first-order valence-corrected chi connectivity index (χ1v) is 5.62. The molecule has 1 saturated carbocycles. The summed E-state index contributed by atoms with van der Waals surface area (Å²) in [5, 5.41) is 3.60. The highest BCUT2D eigenvalue weighted by Crippen LogP contribution is 2.17. The third-order valence-electron chi connectivity index (χ3n) is 3.07. The van der Waals surface area contributed by atoms with Crippen LogP contribution >= 0.6 is 0 Å². The first-order chi connectivity index (χ1) is 6.90. The molecule has 3 heteroatoms. The number of imidazole rings is 1. The Bertz CT molecular complexity index is 274. The van der Waals surface area contributed by atoms with Crippen LogP contribution < -0.4 is 5.32 Å². The summed E-state index contributed by atoms with van der Waals surface area (Å²) in [6.45, 7) is 4.14. The Labute approximate surface area is 85.5 Å². The lowest BCUT2D eigenvalue weighted by Gasteiger charge is -2.12. The molecule has 0 bridgehead atoms. The van der Waals surface area contributed by atoms with E-state index in [1.807, 2.05) is 12.5 Å². The van der Waals surface area contributed by atoms with Gasteiger partial charge in [-0.15, -0.1) is 0 Å². The van der Waals surface area contributed by atoms with Crippen LogP contribution in [0.1, 0.15) is 38.3 Å². The molecule has 0 spiro atoms. The number of nitrogens with one attached hydrogen (secondary N) is 1. The van der Waals surface area contributed by atoms with Crippen molar-refractivity contribution in [3.8, 4) is 0 Å². The predicted octanol–water partition coefficient (Wildman–Crippen LogP) is 1.94. The topological polar surface area (TPSA) is 29.9 Å². The van der Waals surface area contributed by atoms with Crippen molar-refractivity contribution in [3.05, 3.63) is 18.2 Å². The van der Waals surface area contributed by atoms with E-state index in [9.17, 15) is 0 Å². The minimum absolute atomic E-state index is 0.746. The molecule has 1 aliphatic rings. The smallest absolute Gasteiger partial charge is 0.0948 e. The maximum absolute atomic E-state index is 4.16. The minimum Gasteiger partial charge on any atom is -0.334 e. The van der Waals surface area contributed by atoms with E-state index in [1.165, 1.54) is 31.4 Å². The Morgan fingerprint density at radius 2 is 2.29 bits per heavy atom. The van der Waals surface area contributed by atoms with Crippen molar-refractivity contribution in [2.24, 2.45) is 0 Å². The highest BCUT2D eigenvalue weighted by Gasteiger charge is 2.14. The molecule has 0 aliphatic heterocycles. The molecule has 1 aromatic rings. The van der Waals surface area contributed by atoms with Crippen LogP contribution in [0.15, 0.2) is 12.5 Å². The van der Waals surface area contributed by atoms with Crippen LogP contribution in [-0.2, 0) is 13.1 Å². The zero-order chi connectivity index (χ0) is 9.80. The molecule has 1 aromatic heterocycles. The molecule has 1 aliphatic carbocycles. The SMILES string of the molecule is CCn1cncc1CNC1CCCC1. The van der Waals surface area contributed by atoms with Gasteiger partial charge in [-0.2, -0.15) is 0 Å². The number of hydrogen-bond acceptors (Lipinski definition) is 2. The summed E-state index contributed by atoms with van der Waals surface area (Å²) in [4.78, 5) is 4.16. The molecule has 0 amide bonds. The van der Waals surface area contributed by atoms with E-state index >= 15 is 0 Å². The van der Waals surface area contributed by atoms with Gasteiger partial charge in [0.1, 0.15) is 0 Å². The fourth-order valence-corrected chi connectivity index (χ4v) is 2.16. The number of aryl methyl sites for hydroxylation is 1. The van der Waals surface area contributed by atoms with Gasteiger partial charge in [-0.1, -0.05) is 12.8 Å². The fraction of sp³-hybridized carbons (Fsp3) is 0.727. The Hall–Kier alpha value is -0.830. The molecule has 3 nitrogen and oxygen atoms in total. The molecular formula is C11H19N3. The zero-order valence-electron chi connectivity index (χ0n) is 8.87. The van der Waals surface area contributed by atoms with Crippen molar-refractivity contribution in [2.75, 3.05) is 0 Å². The summed E-state index contributed by atoms with van der Waals surface area (Å²) in [6.07, 6.45) is 9.35. The van der Waals surface area contributed by atoms with Crippen LogP contribution in [0.4, 0.5) is 0 Å². The summed E-state index contributed by atoms with van der Waals surface area (Å²) in [6, 6.07) is 0.746. The van der Waals surface area contributed by atoms with E-state index in [2.05, 4.69) is 21.8 Å². The fourth-order valence-electron chi connectivity index (χ4n) is 2.16. The van der Waals surface area contributed by atoms with Gasteiger partial charge in [0.25, 0.3) is 0 Å². The Morgan fingerprint density at radius 1 is 1.50 bits per heavy atom. The summed E-state index contributed by atoms with van der Waals surface area (Å²) in [7, 11) is 0. The van der Waals surface area contributed by atoms with E-state index in [0.29, 0.717) is 0 Å². The van der Waals surface area contributed by atoms with E-state index in [-0.39, 0.29) is 0 Å². The number of rotatable bonds is 4. The third kappa shape index (κ3) is 2.15. The summed E-state index contributed by atoms with van der Waals surface area (Å²) < 4.78 is 2.20. The maximum atomic E-state index is 4.16. The van der Waals surface area contributed by atoms with Crippen molar-refractivity contribution in [2.45, 2.75) is 51.7 Å². The summed E-state index contributed by atoms with van der Waals surface area (Å²) in [5.74, 6) is 0. The molecule has 1 fully saturated rings. The summed E-state index contributed by atoms with van der Waals surface area (Å²) in [5.41, 5.74) is 1.31. The van der Waals surface area contributed by atoms with Gasteiger partial charge >= 0.3 is 0 Å². The lowest BCUT2D eigenvalue weighted by Crippen LogP contribution is -2.26. The van der Waals surface area contributed by atoms with Gasteiger partial charge < -0.3 is 9.88 Å². The second-order valence-electron chi connectivity index (χ2n) is 4.03. The number of hydrogen-bond donors (Lipinski definition) is 1. The molecule has 78 valence electrons. The van der Waals surface area contributed by atoms with Gasteiger partial charge in [-0.25, -0.2) is 4.98 Å². The van der Waals surface area contributed by atoms with Crippen LogP contribution in [0.5, 0.6) is 0 Å². The molecular weight excluding hydrogens is 174 g/mol. The Morgan fingerprint density at radius 3 is 3.00 bits per heavy atom. The molecule has 1 N–H and O–H groups in total. The Balaban J connectivity index is 1.84. The molecule has 0 unspecified atom stereocenters. The van der Waals surface area contributed by atoms with Gasteiger partial charge in [-0.3, -0.25) is 0 Å². The van der Waals surface area contributed by atoms with E-state index in [4.69, 9.17) is 0 Å². The third-order valence-corrected chi connectivity index (χ3v) is 3.07. The van der Waals surface area contributed by atoms with E-state index in [1.54, 1.807) is 0 Å². The quantitative estimate of drug-likeness (QED) is 0.792. The van der Waals surface area contributed by atoms with Crippen molar-refractivity contribution in [1.82, 2.24) is 14.9 Å². The lowest BCUT2D eigenvalue weighted by atomic mass is 10.2. The molecule has 1 heterocycles. The van der Waals surface area contributed by atoms with Gasteiger partial charge in [0.15, 0.2) is 0 Å². The number of aromatic nitrogens is 2. The molecule has 0 atom stereocenters. The van der Waals surface area contributed by atoms with Crippen LogP contribution in [0, 0.1) is 0 Å². The van der Waals surface area contributed by atoms with Crippen LogP contribution in [0.3, 0.4) is 0 Å². The molecule has 0 saturated heterocycles. The molecule has 0 aromatic carbocycles. The second kappa shape index (κ2) is 4.60. The van der Waals surface area contributed by atoms with Crippen LogP contribution in [0.25, 0.3) is 0 Å². The van der Waals surface area contributed by atoms with Gasteiger partial charge in [0.2, 0.25) is 0 Å². The van der Waals surface area contributed by atoms with Crippen LogP contribution in [-0.4, -0.2) is 15.6 Å². The van der Waals surface area contributed by atoms with Crippen molar-refractivity contribution < 1.29 is 0 Å². The molecule has 2 rings (SSSR count). The van der Waals surface area contributed by atoms with Crippen molar-refractivity contribution in [3.63, 3.8) is 0 Å². The highest BCUT2D eigenvalue weighted by molar-refractivity contribution is 4.98. The largest absolute Gasteiger partial charge is 0.334 e. The van der Waals surface area contributed by atoms with Gasteiger partial charge in [0, 0.05) is 25.3 Å². The predicted molar refractivity (Wildman–Crippen MR) is 57.0 cm³/mol. The zero-order valence-corrected chi connectivity index (χ0v) is 8.87. The van der Waals surface area contributed by atoms with Crippen LogP contribution in [0.2, 0.25) is 0 Å². The van der Waals surface area contributed by atoms with Gasteiger partial charge in [-0.05, 0) is 19.8 Å². The first kappa shape index (κ1) is 9.71. The van der Waals surface area contributed by atoms with E-state index in [0.717, 1.165) is 19.1 Å². The van der Waals surface area contributed by atoms with E-state index < -0.39 is 0 Å². The Kier molecular flexibility index (Phi) is 3.19. The van der Waals surface area contributed by atoms with Crippen molar-refractivity contribution >= 4 is 0 Å². The maximum Gasteiger partial charge on any atom is 0.0948 e. The second-order valence-corrected chi connectivity index (χ2v) is 4.03. The monoisotopic (exact) mass is 193 g/mol. The molecule has 0 radical (unpaired) electrons. The van der Waals surface area contributed by atoms with Crippen molar-refractivity contribution in [1.29, 1.82) is 0 Å². The normalized spacial score (nSPS) is 17.8. The average molecular weight is 193 g/mol. The lowest BCUT2D eigenvalue weighted by molar-refractivity contribution is 0.508. The van der Waals surface area contributed by atoms with Gasteiger partial charge in [0.05, 0.1) is 12.0 Å². The highest BCUT2D eigenvalue weighted by atomic mass is 15.1. The minimum atomic E-state index is 0.746. The first-order valence-electron chi connectivity index (χ1n) is 5.62.